The van der Waals surface area contributed by atoms with Crippen molar-refractivity contribution in [2.24, 2.45) is 0 Å². The van der Waals surface area contributed by atoms with E-state index in [-0.39, 0.29) is 11.2 Å². The quantitative estimate of drug-likeness (QED) is 0.883. The zero-order chi connectivity index (χ0) is 14.2. The fraction of sp³-hybridized carbons (Fsp3) is 0.462. The second kappa shape index (κ2) is 5.16. The highest BCUT2D eigenvalue weighted by Crippen LogP contribution is 2.20. The number of rotatable bonds is 3. The van der Waals surface area contributed by atoms with E-state index >= 15 is 0 Å². The molecule has 0 radical (unpaired) electrons. The van der Waals surface area contributed by atoms with Crippen LogP contribution in [0.15, 0.2) is 29.4 Å². The number of H-pyrrole nitrogens is 1. The number of imidazole rings is 1. The van der Waals surface area contributed by atoms with E-state index in [9.17, 15) is 8.42 Å². The molecular formula is C13H18N4O2S. The Labute approximate surface area is 118 Å². The minimum atomic E-state index is -3.57. The molecule has 2 heterocycles. The number of fused-ring (bicyclic) bond motifs is 1. The number of aromatic nitrogens is 2. The second-order valence-corrected chi connectivity index (χ2v) is 6.99. The molecule has 6 nitrogen and oxygen atoms in total. The van der Waals surface area contributed by atoms with Crippen LogP contribution in [0, 0.1) is 0 Å². The van der Waals surface area contributed by atoms with Crippen LogP contribution in [-0.4, -0.2) is 48.9 Å². The third-order valence-electron chi connectivity index (χ3n) is 3.78. The molecule has 0 saturated carbocycles. The van der Waals surface area contributed by atoms with Crippen LogP contribution in [0.25, 0.3) is 11.0 Å². The van der Waals surface area contributed by atoms with Crippen LogP contribution in [0.4, 0.5) is 0 Å². The summed E-state index contributed by atoms with van der Waals surface area (Å²) in [6.07, 6.45) is 1.87. The summed E-state index contributed by atoms with van der Waals surface area (Å²) >= 11 is 0. The van der Waals surface area contributed by atoms with Crippen LogP contribution in [0.5, 0.6) is 0 Å². The molecule has 2 aromatic rings. The van der Waals surface area contributed by atoms with Crippen LogP contribution in [0.1, 0.15) is 12.8 Å². The van der Waals surface area contributed by atoms with Gasteiger partial charge in [-0.3, -0.25) is 0 Å². The maximum absolute atomic E-state index is 12.6. The molecular weight excluding hydrogens is 276 g/mol. The summed E-state index contributed by atoms with van der Waals surface area (Å²) in [7, 11) is -1.95. The van der Waals surface area contributed by atoms with Crippen molar-refractivity contribution >= 4 is 21.1 Å². The number of piperidine rings is 1. The van der Waals surface area contributed by atoms with E-state index in [1.54, 1.807) is 13.1 Å². The van der Waals surface area contributed by atoms with E-state index < -0.39 is 10.0 Å². The first-order valence-electron chi connectivity index (χ1n) is 6.72. The minimum absolute atomic E-state index is 0.0121. The van der Waals surface area contributed by atoms with Gasteiger partial charge in [-0.2, -0.15) is 4.31 Å². The average molecular weight is 294 g/mol. The van der Waals surface area contributed by atoms with Gasteiger partial charge >= 0.3 is 0 Å². The molecule has 1 aromatic carbocycles. The van der Waals surface area contributed by atoms with Gasteiger partial charge in [-0.1, -0.05) is 12.1 Å². The lowest BCUT2D eigenvalue weighted by molar-refractivity contribution is 0.299. The fourth-order valence-electron chi connectivity index (χ4n) is 2.53. The van der Waals surface area contributed by atoms with Gasteiger partial charge in [0.05, 0.1) is 11.0 Å². The SMILES string of the molecule is CN(C1CCCNC1)S(=O)(=O)c1nc2ccccc2[nH]1. The van der Waals surface area contributed by atoms with Crippen molar-refractivity contribution in [2.45, 2.75) is 24.0 Å². The predicted octanol–water partition coefficient (Wildman–Crippen LogP) is 0.935. The molecule has 0 amide bonds. The van der Waals surface area contributed by atoms with Crippen LogP contribution in [0.2, 0.25) is 0 Å². The highest BCUT2D eigenvalue weighted by molar-refractivity contribution is 7.89. The van der Waals surface area contributed by atoms with Gasteiger partial charge in [0.25, 0.3) is 10.0 Å². The van der Waals surface area contributed by atoms with Crippen molar-refractivity contribution in [1.82, 2.24) is 19.6 Å². The minimum Gasteiger partial charge on any atom is -0.328 e. The largest absolute Gasteiger partial charge is 0.328 e. The van der Waals surface area contributed by atoms with Crippen LogP contribution >= 0.6 is 0 Å². The molecule has 0 bridgehead atoms. The van der Waals surface area contributed by atoms with Gasteiger partial charge < -0.3 is 10.3 Å². The molecule has 2 N–H and O–H groups in total. The third-order valence-corrected chi connectivity index (χ3v) is 5.51. The molecule has 0 aliphatic carbocycles. The molecule has 1 unspecified atom stereocenters. The Hall–Kier alpha value is -1.44. The van der Waals surface area contributed by atoms with Gasteiger partial charge in [-0.05, 0) is 31.5 Å². The van der Waals surface area contributed by atoms with E-state index in [0.717, 1.165) is 24.9 Å². The van der Waals surface area contributed by atoms with Gasteiger partial charge in [0.1, 0.15) is 0 Å². The summed E-state index contributed by atoms with van der Waals surface area (Å²) in [5, 5.41) is 3.25. The van der Waals surface area contributed by atoms with E-state index in [4.69, 9.17) is 0 Å². The van der Waals surface area contributed by atoms with E-state index in [1.165, 1.54) is 4.31 Å². The molecule has 108 valence electrons. The second-order valence-electron chi connectivity index (χ2n) is 5.08. The lowest BCUT2D eigenvalue weighted by atomic mass is 10.1. The number of hydrogen-bond donors (Lipinski definition) is 2. The summed E-state index contributed by atoms with van der Waals surface area (Å²) in [4.78, 5) is 7.09. The Kier molecular flexibility index (Phi) is 3.49. The van der Waals surface area contributed by atoms with Gasteiger partial charge in [0.2, 0.25) is 5.16 Å². The molecule has 1 atom stereocenters. The van der Waals surface area contributed by atoms with E-state index in [2.05, 4.69) is 15.3 Å². The maximum atomic E-state index is 12.6. The van der Waals surface area contributed by atoms with E-state index in [1.807, 2.05) is 18.2 Å². The Bertz CT molecular complexity index is 671. The summed E-state index contributed by atoms with van der Waals surface area (Å²) in [5.74, 6) is 0. The number of sulfonamides is 1. The zero-order valence-electron chi connectivity index (χ0n) is 11.3. The van der Waals surface area contributed by atoms with Gasteiger partial charge in [0, 0.05) is 19.6 Å². The summed E-state index contributed by atoms with van der Waals surface area (Å²) in [6, 6.07) is 7.30. The smallest absolute Gasteiger partial charge is 0.276 e. The van der Waals surface area contributed by atoms with Crippen molar-refractivity contribution in [3.63, 3.8) is 0 Å². The van der Waals surface area contributed by atoms with Gasteiger partial charge in [-0.25, -0.2) is 13.4 Å². The number of nitrogens with zero attached hydrogens (tertiary/aromatic N) is 2. The summed E-state index contributed by atoms with van der Waals surface area (Å²) in [5.41, 5.74) is 1.41. The zero-order valence-corrected chi connectivity index (χ0v) is 12.2. The Morgan fingerprint density at radius 3 is 2.85 bits per heavy atom. The molecule has 1 fully saturated rings. The highest BCUT2D eigenvalue weighted by Gasteiger charge is 2.31. The first-order chi connectivity index (χ1) is 9.59. The van der Waals surface area contributed by atoms with Crippen molar-refractivity contribution in [3.05, 3.63) is 24.3 Å². The molecule has 0 spiro atoms. The number of para-hydroxylation sites is 2. The van der Waals surface area contributed by atoms with Crippen LogP contribution in [0.3, 0.4) is 0 Å². The van der Waals surface area contributed by atoms with Crippen molar-refractivity contribution in [2.75, 3.05) is 20.1 Å². The van der Waals surface area contributed by atoms with Crippen LogP contribution < -0.4 is 5.32 Å². The normalized spacial score (nSPS) is 20.6. The molecule has 1 saturated heterocycles. The molecule has 1 aliphatic heterocycles. The van der Waals surface area contributed by atoms with Gasteiger partial charge in [-0.15, -0.1) is 0 Å². The number of benzene rings is 1. The average Bonchev–Trinajstić information content (AvgIpc) is 2.92. The number of hydrogen-bond acceptors (Lipinski definition) is 4. The van der Waals surface area contributed by atoms with Crippen molar-refractivity contribution in [3.8, 4) is 0 Å². The third kappa shape index (κ3) is 2.32. The Morgan fingerprint density at radius 2 is 2.15 bits per heavy atom. The molecule has 3 rings (SSSR count). The van der Waals surface area contributed by atoms with Crippen molar-refractivity contribution < 1.29 is 8.42 Å². The lowest BCUT2D eigenvalue weighted by Gasteiger charge is -2.30. The summed E-state index contributed by atoms with van der Waals surface area (Å²) in [6.45, 7) is 1.64. The highest BCUT2D eigenvalue weighted by atomic mass is 32.2. The molecule has 20 heavy (non-hydrogen) atoms. The van der Waals surface area contributed by atoms with E-state index in [0.29, 0.717) is 12.1 Å². The number of nitrogens with one attached hydrogen (secondary N) is 2. The topological polar surface area (TPSA) is 78.1 Å². The van der Waals surface area contributed by atoms with Crippen molar-refractivity contribution in [1.29, 1.82) is 0 Å². The molecule has 1 aromatic heterocycles. The Balaban J connectivity index is 1.93. The maximum Gasteiger partial charge on any atom is 0.276 e. The summed E-state index contributed by atoms with van der Waals surface area (Å²) < 4.78 is 26.6. The first kappa shape index (κ1) is 13.5. The monoisotopic (exact) mass is 294 g/mol. The standard InChI is InChI=1S/C13H18N4O2S/c1-17(10-5-4-8-14-9-10)20(18,19)13-15-11-6-2-3-7-12(11)16-13/h2-3,6-7,10,14H,4-5,8-9H2,1H3,(H,15,16). The predicted molar refractivity (Wildman–Crippen MR) is 76.9 cm³/mol. The molecule has 1 aliphatic rings. The Morgan fingerprint density at radius 1 is 1.35 bits per heavy atom. The fourth-order valence-corrected chi connectivity index (χ4v) is 3.83. The molecule has 7 heteroatoms. The lowest BCUT2D eigenvalue weighted by Crippen LogP contribution is -2.46. The van der Waals surface area contributed by atoms with Gasteiger partial charge in [0.15, 0.2) is 0 Å². The number of aromatic amines is 1. The number of likely N-dealkylation sites (N-methyl/N-ethyl adjacent to an activating group) is 1. The van der Waals surface area contributed by atoms with Crippen LogP contribution in [-0.2, 0) is 10.0 Å². The first-order valence-corrected chi connectivity index (χ1v) is 8.16.